The number of carbonyl (C=O) groups is 1. The standard InChI is InChI=1S/C19H28N2O3S/c1-18(2,3)25(23)20-16-13-24-14-19(16)9-11-21(12-10-19)17(22)15-7-5-4-6-8-15/h4-8,16,20H,9-14H2,1-3H3/t16?,25-/m1/s1. The van der Waals surface area contributed by atoms with Crippen LogP contribution in [0, 0.1) is 5.41 Å². The summed E-state index contributed by atoms with van der Waals surface area (Å²) in [5, 5.41) is 0. The van der Waals surface area contributed by atoms with Crippen LogP contribution in [-0.2, 0) is 16.1 Å². The number of hydrogen-bond donors (Lipinski definition) is 1. The van der Waals surface area contributed by atoms with Gasteiger partial charge in [-0.1, -0.05) is 18.2 Å². The van der Waals surface area contributed by atoms with Gasteiger partial charge in [-0.25, -0.2) is 0 Å². The van der Waals surface area contributed by atoms with E-state index in [4.69, 9.17) is 4.74 Å². The molecule has 3 rings (SSSR count). The number of likely N-dealkylation sites (tertiary alicyclic amines) is 1. The Bertz CT molecular complexity index is 594. The topological polar surface area (TPSA) is 64.6 Å². The molecule has 25 heavy (non-hydrogen) atoms. The highest BCUT2D eigenvalue weighted by Crippen LogP contribution is 2.40. The number of amides is 1. The lowest BCUT2D eigenvalue weighted by atomic mass is 9.75. The average Bonchev–Trinajstić information content (AvgIpc) is 2.97. The van der Waals surface area contributed by atoms with Gasteiger partial charge in [-0.3, -0.25) is 4.79 Å². The second kappa shape index (κ2) is 7.27. The van der Waals surface area contributed by atoms with E-state index in [0.717, 1.165) is 31.5 Å². The summed E-state index contributed by atoms with van der Waals surface area (Å²) in [7, 11) is 0. The Morgan fingerprint density at radius 3 is 2.52 bits per heavy atom. The van der Waals surface area contributed by atoms with E-state index in [9.17, 15) is 9.35 Å². The fraction of sp³-hybridized carbons (Fsp3) is 0.632. The smallest absolute Gasteiger partial charge is 0.253 e. The minimum atomic E-state index is -1.11. The maximum absolute atomic E-state index is 12.6. The maximum atomic E-state index is 12.6. The van der Waals surface area contributed by atoms with Crippen molar-refractivity contribution in [1.29, 1.82) is 0 Å². The Morgan fingerprint density at radius 2 is 1.92 bits per heavy atom. The summed E-state index contributed by atoms with van der Waals surface area (Å²) in [6, 6.07) is 9.52. The van der Waals surface area contributed by atoms with E-state index < -0.39 is 11.4 Å². The first kappa shape index (κ1) is 18.7. The summed E-state index contributed by atoms with van der Waals surface area (Å²) in [5.41, 5.74) is 0.721. The second-order valence-corrected chi connectivity index (χ2v) is 10.1. The van der Waals surface area contributed by atoms with E-state index in [0.29, 0.717) is 13.2 Å². The molecule has 1 aromatic carbocycles. The zero-order valence-electron chi connectivity index (χ0n) is 15.3. The predicted molar refractivity (Wildman–Crippen MR) is 99.7 cm³/mol. The third kappa shape index (κ3) is 4.03. The molecule has 1 unspecified atom stereocenters. The van der Waals surface area contributed by atoms with Crippen molar-refractivity contribution in [2.24, 2.45) is 5.41 Å². The number of piperidine rings is 1. The molecule has 1 aromatic rings. The molecule has 1 N–H and O–H groups in total. The highest BCUT2D eigenvalue weighted by Gasteiger charge is 2.49. The van der Waals surface area contributed by atoms with Crippen LogP contribution < -0.4 is 4.72 Å². The van der Waals surface area contributed by atoms with Gasteiger partial charge in [-0.15, -0.1) is 4.72 Å². The van der Waals surface area contributed by atoms with Crippen molar-refractivity contribution in [3.05, 3.63) is 35.9 Å². The van der Waals surface area contributed by atoms with Crippen LogP contribution in [0.25, 0.3) is 0 Å². The SMILES string of the molecule is CC(C)(C)[S@@+]([O-])NC1COCC12CCN(C(=O)c1ccccc1)CC2. The van der Waals surface area contributed by atoms with Gasteiger partial charge >= 0.3 is 0 Å². The van der Waals surface area contributed by atoms with Gasteiger partial charge in [0, 0.05) is 35.4 Å². The number of nitrogens with zero attached hydrogens (tertiary/aromatic N) is 1. The molecule has 2 fully saturated rings. The van der Waals surface area contributed by atoms with Crippen LogP contribution in [0.1, 0.15) is 44.0 Å². The summed E-state index contributed by atoms with van der Waals surface area (Å²) in [6.45, 7) is 8.63. The van der Waals surface area contributed by atoms with Gasteiger partial charge < -0.3 is 14.2 Å². The van der Waals surface area contributed by atoms with Crippen LogP contribution >= 0.6 is 0 Å². The minimum absolute atomic E-state index is 0.0195. The van der Waals surface area contributed by atoms with Gasteiger partial charge in [-0.05, 0) is 45.7 Å². The number of rotatable bonds is 3. The summed E-state index contributed by atoms with van der Waals surface area (Å²) in [5.74, 6) is 0.0946. The van der Waals surface area contributed by atoms with Gasteiger partial charge in [-0.2, -0.15) is 0 Å². The molecule has 2 aliphatic rings. The van der Waals surface area contributed by atoms with Gasteiger partial charge in [0.25, 0.3) is 5.91 Å². The third-order valence-electron chi connectivity index (χ3n) is 5.29. The molecule has 0 saturated carbocycles. The molecule has 0 aromatic heterocycles. The molecule has 1 amide bonds. The van der Waals surface area contributed by atoms with Crippen LogP contribution in [0.15, 0.2) is 30.3 Å². The summed E-state index contributed by atoms with van der Waals surface area (Å²) < 4.78 is 21.2. The fourth-order valence-corrected chi connectivity index (χ4v) is 4.46. The zero-order valence-corrected chi connectivity index (χ0v) is 16.1. The summed E-state index contributed by atoms with van der Waals surface area (Å²) in [6.07, 6.45) is 1.76. The molecule has 2 saturated heterocycles. The monoisotopic (exact) mass is 364 g/mol. The Hall–Kier alpha value is -1.08. The minimum Gasteiger partial charge on any atom is -0.598 e. The van der Waals surface area contributed by atoms with E-state index in [-0.39, 0.29) is 22.1 Å². The summed E-state index contributed by atoms with van der Waals surface area (Å²) >= 11 is -1.11. The first-order chi connectivity index (χ1) is 11.8. The highest BCUT2D eigenvalue weighted by molar-refractivity contribution is 7.90. The zero-order chi connectivity index (χ0) is 18.1. The Balaban J connectivity index is 1.63. The van der Waals surface area contributed by atoms with Gasteiger partial charge in [0.2, 0.25) is 0 Å². The third-order valence-corrected chi connectivity index (χ3v) is 6.90. The van der Waals surface area contributed by atoms with Crippen LogP contribution in [-0.4, -0.2) is 52.5 Å². The van der Waals surface area contributed by atoms with Crippen molar-refractivity contribution in [2.75, 3.05) is 26.3 Å². The lowest BCUT2D eigenvalue weighted by Crippen LogP contribution is -2.55. The summed E-state index contributed by atoms with van der Waals surface area (Å²) in [4.78, 5) is 14.6. The van der Waals surface area contributed by atoms with Crippen LogP contribution in [0.4, 0.5) is 0 Å². The van der Waals surface area contributed by atoms with Crippen LogP contribution in [0.3, 0.4) is 0 Å². The Labute approximate surface area is 153 Å². The van der Waals surface area contributed by atoms with Crippen molar-refractivity contribution < 1.29 is 14.1 Å². The van der Waals surface area contributed by atoms with Crippen LogP contribution in [0.5, 0.6) is 0 Å². The molecule has 6 heteroatoms. The maximum Gasteiger partial charge on any atom is 0.253 e. The quantitative estimate of drug-likeness (QED) is 0.836. The highest BCUT2D eigenvalue weighted by atomic mass is 32.2. The van der Waals surface area contributed by atoms with Crippen molar-refractivity contribution in [3.8, 4) is 0 Å². The van der Waals surface area contributed by atoms with Crippen LogP contribution in [0.2, 0.25) is 0 Å². The number of hydrogen-bond acceptors (Lipinski definition) is 4. The van der Waals surface area contributed by atoms with Crippen molar-refractivity contribution in [2.45, 2.75) is 44.4 Å². The molecule has 138 valence electrons. The van der Waals surface area contributed by atoms with E-state index in [1.807, 2.05) is 56.0 Å². The van der Waals surface area contributed by atoms with Gasteiger partial charge in [0.1, 0.15) is 4.75 Å². The predicted octanol–water partition coefficient (Wildman–Crippen LogP) is 2.36. The molecule has 0 bridgehead atoms. The molecule has 0 aliphatic carbocycles. The molecule has 1 spiro atoms. The molecule has 2 heterocycles. The largest absolute Gasteiger partial charge is 0.598 e. The van der Waals surface area contributed by atoms with E-state index in [2.05, 4.69) is 4.72 Å². The van der Waals surface area contributed by atoms with E-state index in [1.54, 1.807) is 0 Å². The van der Waals surface area contributed by atoms with Gasteiger partial charge in [0.15, 0.2) is 0 Å². The van der Waals surface area contributed by atoms with Crippen molar-refractivity contribution >= 4 is 17.3 Å². The number of nitrogens with one attached hydrogen (secondary N) is 1. The molecule has 5 nitrogen and oxygen atoms in total. The normalized spacial score (nSPS) is 24.5. The Kier molecular flexibility index (Phi) is 5.44. The lowest BCUT2D eigenvalue weighted by Gasteiger charge is -2.42. The molecular formula is C19H28N2O3S. The Morgan fingerprint density at radius 1 is 1.28 bits per heavy atom. The van der Waals surface area contributed by atoms with E-state index >= 15 is 0 Å². The first-order valence-corrected chi connectivity index (χ1v) is 10.1. The average molecular weight is 365 g/mol. The number of benzene rings is 1. The number of ether oxygens (including phenoxy) is 1. The number of carbonyl (C=O) groups excluding carboxylic acids is 1. The first-order valence-electron chi connectivity index (χ1n) is 8.92. The lowest BCUT2D eigenvalue weighted by molar-refractivity contribution is 0.0503. The van der Waals surface area contributed by atoms with Gasteiger partial charge in [0.05, 0.1) is 19.3 Å². The fourth-order valence-electron chi connectivity index (χ4n) is 3.53. The van der Waals surface area contributed by atoms with Crippen molar-refractivity contribution in [1.82, 2.24) is 9.62 Å². The molecular weight excluding hydrogens is 336 g/mol. The molecule has 2 atom stereocenters. The molecule has 2 aliphatic heterocycles. The van der Waals surface area contributed by atoms with E-state index in [1.165, 1.54) is 0 Å². The van der Waals surface area contributed by atoms with Crippen molar-refractivity contribution in [3.63, 3.8) is 0 Å². The molecule has 0 radical (unpaired) electrons. The second-order valence-electron chi connectivity index (χ2n) is 8.09.